The average molecular weight is 468 g/mol. The summed E-state index contributed by atoms with van der Waals surface area (Å²) >= 11 is 18.4. The van der Waals surface area contributed by atoms with E-state index < -0.39 is 0 Å². The summed E-state index contributed by atoms with van der Waals surface area (Å²) < 4.78 is 6.92. The number of methoxy groups -OCH3 is 1. The molecule has 1 N–H and O–H groups in total. The molecule has 1 saturated heterocycles. The zero-order chi connectivity index (χ0) is 21.3. The molecule has 0 atom stereocenters. The number of hydrogen-bond donors (Lipinski definition) is 1. The molecule has 3 aromatic rings. The number of anilines is 1. The van der Waals surface area contributed by atoms with Crippen LogP contribution >= 0.6 is 34.8 Å². The van der Waals surface area contributed by atoms with E-state index in [9.17, 15) is 4.79 Å². The molecule has 1 aliphatic rings. The van der Waals surface area contributed by atoms with Crippen molar-refractivity contribution in [3.05, 3.63) is 73.6 Å². The fourth-order valence-electron chi connectivity index (χ4n) is 3.62. The lowest BCUT2D eigenvalue weighted by Crippen LogP contribution is -2.46. The lowest BCUT2D eigenvalue weighted by Gasteiger charge is -2.36. The maximum absolute atomic E-state index is 12.6. The zero-order valence-corrected chi connectivity index (χ0v) is 18.6. The van der Waals surface area contributed by atoms with Gasteiger partial charge in [0.15, 0.2) is 0 Å². The van der Waals surface area contributed by atoms with Crippen molar-refractivity contribution < 1.29 is 4.74 Å². The van der Waals surface area contributed by atoms with Gasteiger partial charge in [0.1, 0.15) is 10.8 Å². The smallest absolute Gasteiger partial charge is 0.290 e. The number of nitrogens with zero attached hydrogens (tertiary/aromatic N) is 3. The molecule has 0 spiro atoms. The average Bonchev–Trinajstić information content (AvgIpc) is 3.03. The maximum atomic E-state index is 12.6. The van der Waals surface area contributed by atoms with Crippen LogP contribution in [0.1, 0.15) is 5.69 Å². The Morgan fingerprint density at radius 3 is 2.30 bits per heavy atom. The first-order valence-electron chi connectivity index (χ1n) is 9.52. The Morgan fingerprint density at radius 2 is 1.63 bits per heavy atom. The topological polar surface area (TPSA) is 53.5 Å². The third kappa shape index (κ3) is 4.32. The highest BCUT2D eigenvalue weighted by Crippen LogP contribution is 2.32. The number of aromatic amines is 1. The highest BCUT2D eigenvalue weighted by atomic mass is 35.5. The number of ether oxygens (including phenoxy) is 1. The van der Waals surface area contributed by atoms with Crippen LogP contribution in [0.25, 0.3) is 5.69 Å². The second kappa shape index (κ2) is 8.94. The van der Waals surface area contributed by atoms with E-state index >= 15 is 0 Å². The van der Waals surface area contributed by atoms with E-state index in [-0.39, 0.29) is 10.6 Å². The third-order valence-electron chi connectivity index (χ3n) is 5.22. The van der Waals surface area contributed by atoms with E-state index in [0.29, 0.717) is 28.0 Å². The van der Waals surface area contributed by atoms with Crippen molar-refractivity contribution in [3.8, 4) is 11.4 Å². The Kier molecular flexibility index (Phi) is 6.29. The van der Waals surface area contributed by atoms with Gasteiger partial charge >= 0.3 is 0 Å². The number of rotatable bonds is 5. The Hall–Kier alpha value is -2.12. The molecule has 0 amide bonds. The molecule has 4 rings (SSSR count). The summed E-state index contributed by atoms with van der Waals surface area (Å²) in [7, 11) is 1.66. The number of halogens is 3. The van der Waals surface area contributed by atoms with Gasteiger partial charge in [-0.25, -0.2) is 4.68 Å². The summed E-state index contributed by atoms with van der Waals surface area (Å²) in [5.41, 5.74) is 2.11. The minimum atomic E-state index is -0.267. The quantitative estimate of drug-likeness (QED) is 0.602. The number of nitrogens with one attached hydrogen (secondary N) is 1. The molecular formula is C21H21Cl3N4O2. The van der Waals surface area contributed by atoms with Gasteiger partial charge in [0, 0.05) is 42.8 Å². The Bertz CT molecular complexity index is 1090. The Morgan fingerprint density at radius 1 is 0.967 bits per heavy atom. The highest BCUT2D eigenvalue weighted by Gasteiger charge is 2.22. The molecule has 0 unspecified atom stereocenters. The van der Waals surface area contributed by atoms with Gasteiger partial charge in [-0.15, -0.1) is 0 Å². The molecule has 1 aromatic heterocycles. The number of benzene rings is 2. The van der Waals surface area contributed by atoms with Gasteiger partial charge in [0.2, 0.25) is 0 Å². The predicted octanol–water partition coefficient (Wildman–Crippen LogP) is 4.46. The van der Waals surface area contributed by atoms with Crippen LogP contribution in [0.15, 0.2) is 47.3 Å². The Labute approximate surface area is 189 Å². The first-order chi connectivity index (χ1) is 14.5. The summed E-state index contributed by atoms with van der Waals surface area (Å²) in [6.45, 7) is 3.84. The van der Waals surface area contributed by atoms with Gasteiger partial charge in [-0.2, -0.15) is 0 Å². The standard InChI is InChI=1S/C21H21Cl3N4O2/c1-30-19-7-4-15(23)12-18(19)27-10-8-26(9-11-27)13-17-20(24)21(29)28(25-17)16-5-2-14(22)3-6-16/h2-7,12,25H,8-11,13H2,1H3. The maximum Gasteiger partial charge on any atom is 0.290 e. The summed E-state index contributed by atoms with van der Waals surface area (Å²) in [4.78, 5) is 17.1. The third-order valence-corrected chi connectivity index (χ3v) is 6.10. The van der Waals surface area contributed by atoms with Gasteiger partial charge in [-0.05, 0) is 42.5 Å². The van der Waals surface area contributed by atoms with Crippen molar-refractivity contribution in [1.82, 2.24) is 14.7 Å². The van der Waals surface area contributed by atoms with Crippen molar-refractivity contribution in [3.63, 3.8) is 0 Å². The molecule has 0 saturated carbocycles. The fraction of sp³-hybridized carbons (Fsp3) is 0.286. The molecule has 0 aliphatic carbocycles. The number of aromatic nitrogens is 2. The van der Waals surface area contributed by atoms with Gasteiger partial charge in [-0.1, -0.05) is 34.8 Å². The van der Waals surface area contributed by atoms with Gasteiger partial charge < -0.3 is 9.64 Å². The lowest BCUT2D eigenvalue weighted by atomic mass is 10.2. The van der Waals surface area contributed by atoms with Crippen LogP contribution in [0.4, 0.5) is 5.69 Å². The number of H-pyrrole nitrogens is 1. The van der Waals surface area contributed by atoms with Crippen LogP contribution in [0, 0.1) is 0 Å². The van der Waals surface area contributed by atoms with E-state index in [1.54, 1.807) is 31.4 Å². The van der Waals surface area contributed by atoms with Crippen molar-refractivity contribution in [2.24, 2.45) is 0 Å². The monoisotopic (exact) mass is 466 g/mol. The van der Waals surface area contributed by atoms with Gasteiger partial charge in [0.05, 0.1) is 24.2 Å². The van der Waals surface area contributed by atoms with E-state index in [1.165, 1.54) is 4.68 Å². The van der Waals surface area contributed by atoms with Crippen molar-refractivity contribution in [2.75, 3.05) is 38.2 Å². The molecular weight excluding hydrogens is 447 g/mol. The van der Waals surface area contributed by atoms with Crippen molar-refractivity contribution in [2.45, 2.75) is 6.54 Å². The highest BCUT2D eigenvalue weighted by molar-refractivity contribution is 6.31. The van der Waals surface area contributed by atoms with Crippen molar-refractivity contribution in [1.29, 1.82) is 0 Å². The second-order valence-corrected chi connectivity index (χ2v) is 8.35. The van der Waals surface area contributed by atoms with Crippen LogP contribution < -0.4 is 15.2 Å². The van der Waals surface area contributed by atoms with E-state index in [2.05, 4.69) is 14.9 Å². The number of piperazine rings is 1. The SMILES string of the molecule is COc1ccc(Cl)cc1N1CCN(Cc2[nH]n(-c3ccc(Cl)cc3)c(=O)c2Cl)CC1. The molecule has 2 aromatic carbocycles. The van der Waals surface area contributed by atoms with Crippen LogP contribution in [0.2, 0.25) is 15.1 Å². The molecule has 1 fully saturated rings. The van der Waals surface area contributed by atoms with Crippen LogP contribution in [0.5, 0.6) is 5.75 Å². The zero-order valence-electron chi connectivity index (χ0n) is 16.4. The summed E-state index contributed by atoms with van der Waals surface area (Å²) in [5.74, 6) is 0.806. The molecule has 0 radical (unpaired) electrons. The Balaban J connectivity index is 1.46. The first-order valence-corrected chi connectivity index (χ1v) is 10.7. The molecule has 9 heteroatoms. The minimum Gasteiger partial charge on any atom is -0.495 e. The molecule has 30 heavy (non-hydrogen) atoms. The summed E-state index contributed by atoms with van der Waals surface area (Å²) in [6, 6.07) is 12.7. The van der Waals surface area contributed by atoms with E-state index in [1.807, 2.05) is 18.2 Å². The number of hydrogen-bond acceptors (Lipinski definition) is 4. The fourth-order valence-corrected chi connectivity index (χ4v) is 4.10. The van der Waals surface area contributed by atoms with Gasteiger partial charge in [-0.3, -0.25) is 14.8 Å². The normalized spacial score (nSPS) is 14.9. The minimum absolute atomic E-state index is 0.212. The van der Waals surface area contributed by atoms with Crippen LogP contribution in [0.3, 0.4) is 0 Å². The second-order valence-electron chi connectivity index (χ2n) is 7.10. The largest absolute Gasteiger partial charge is 0.495 e. The molecule has 1 aliphatic heterocycles. The molecule has 6 nitrogen and oxygen atoms in total. The van der Waals surface area contributed by atoms with Gasteiger partial charge in [0.25, 0.3) is 5.56 Å². The van der Waals surface area contributed by atoms with Crippen LogP contribution in [-0.2, 0) is 6.54 Å². The van der Waals surface area contributed by atoms with E-state index in [0.717, 1.165) is 37.6 Å². The molecule has 158 valence electrons. The predicted molar refractivity (Wildman–Crippen MR) is 122 cm³/mol. The lowest BCUT2D eigenvalue weighted by molar-refractivity contribution is 0.246. The summed E-state index contributed by atoms with van der Waals surface area (Å²) in [5, 5.41) is 4.64. The molecule has 0 bridgehead atoms. The van der Waals surface area contributed by atoms with Crippen molar-refractivity contribution >= 4 is 40.5 Å². The molecule has 2 heterocycles. The first kappa shape index (κ1) is 21.1. The van der Waals surface area contributed by atoms with E-state index in [4.69, 9.17) is 39.5 Å². The summed E-state index contributed by atoms with van der Waals surface area (Å²) in [6.07, 6.45) is 0. The van der Waals surface area contributed by atoms with Crippen LogP contribution in [-0.4, -0.2) is 48.0 Å².